The summed E-state index contributed by atoms with van der Waals surface area (Å²) in [7, 11) is -3.64. The average Bonchev–Trinajstić information content (AvgIpc) is 2.44. The molecule has 6 nitrogen and oxygen atoms in total. The highest BCUT2D eigenvalue weighted by molar-refractivity contribution is 7.89. The summed E-state index contributed by atoms with van der Waals surface area (Å²) in [4.78, 5) is 12.3. The highest BCUT2D eigenvalue weighted by Crippen LogP contribution is 2.21. The molecule has 0 aliphatic heterocycles. The van der Waals surface area contributed by atoms with Gasteiger partial charge in [-0.25, -0.2) is 13.1 Å². The highest BCUT2D eigenvalue weighted by Gasteiger charge is 2.20. The van der Waals surface area contributed by atoms with Crippen molar-refractivity contribution in [2.45, 2.75) is 58.4 Å². The van der Waals surface area contributed by atoms with E-state index in [1.807, 2.05) is 19.1 Å². The molecule has 4 N–H and O–H groups in total. The minimum absolute atomic E-state index is 0. The molecule has 1 unspecified atom stereocenters. The van der Waals surface area contributed by atoms with E-state index in [9.17, 15) is 13.2 Å². The molecular weight excluding hydrogens is 374 g/mol. The van der Waals surface area contributed by atoms with E-state index in [4.69, 9.17) is 5.73 Å². The number of benzene rings is 1. The first-order chi connectivity index (χ1) is 11.6. The second-order valence-corrected chi connectivity index (χ2v) is 8.71. The van der Waals surface area contributed by atoms with Gasteiger partial charge in [0.05, 0.1) is 4.90 Å². The lowest BCUT2D eigenvalue weighted by molar-refractivity contribution is -0.121. The minimum atomic E-state index is -3.64. The fraction of sp³-hybridized carbons (Fsp3) is 0.611. The molecule has 0 aliphatic rings. The number of halogens is 1. The predicted octanol–water partition coefficient (Wildman–Crippen LogP) is 2.19. The normalized spacial score (nSPS) is 12.6. The zero-order valence-corrected chi connectivity index (χ0v) is 17.9. The molecule has 1 aromatic rings. The monoisotopic (exact) mass is 405 g/mol. The third-order valence-electron chi connectivity index (χ3n) is 3.92. The number of sulfonamides is 1. The van der Waals surface area contributed by atoms with Gasteiger partial charge in [-0.2, -0.15) is 0 Å². The van der Waals surface area contributed by atoms with Crippen LogP contribution in [0.2, 0.25) is 0 Å². The van der Waals surface area contributed by atoms with Crippen LogP contribution in [0.4, 0.5) is 0 Å². The Bertz CT molecular complexity index is 683. The lowest BCUT2D eigenvalue weighted by atomic mass is 10.0. The van der Waals surface area contributed by atoms with Gasteiger partial charge in [0.25, 0.3) is 0 Å². The van der Waals surface area contributed by atoms with Crippen LogP contribution >= 0.6 is 12.4 Å². The van der Waals surface area contributed by atoms with Crippen molar-refractivity contribution in [2.75, 3.05) is 13.1 Å². The molecule has 8 heteroatoms. The van der Waals surface area contributed by atoms with Crippen molar-refractivity contribution in [3.05, 3.63) is 28.8 Å². The number of carbonyl (C=O) groups excluding carboxylic acids is 1. The van der Waals surface area contributed by atoms with Crippen LogP contribution in [0.15, 0.2) is 17.0 Å². The minimum Gasteiger partial charge on any atom is -0.352 e. The SMILES string of the molecule is Cc1cc(C)c(S(=O)(=O)NCCC(=O)NC(CN)CC(C)C)c(C)c1.Cl. The van der Waals surface area contributed by atoms with E-state index in [0.717, 1.165) is 12.0 Å². The molecule has 0 saturated carbocycles. The zero-order chi connectivity index (χ0) is 19.2. The van der Waals surface area contributed by atoms with Crippen LogP contribution in [0.25, 0.3) is 0 Å². The molecule has 150 valence electrons. The third-order valence-corrected chi connectivity index (χ3v) is 5.69. The maximum absolute atomic E-state index is 12.5. The quantitative estimate of drug-likeness (QED) is 0.586. The molecule has 1 amide bonds. The summed E-state index contributed by atoms with van der Waals surface area (Å²) in [6, 6.07) is 3.60. The molecule has 0 bridgehead atoms. The van der Waals surface area contributed by atoms with Crippen molar-refractivity contribution in [1.29, 1.82) is 0 Å². The lowest BCUT2D eigenvalue weighted by Crippen LogP contribution is -2.42. The van der Waals surface area contributed by atoms with E-state index >= 15 is 0 Å². The second kappa shape index (κ2) is 10.9. The van der Waals surface area contributed by atoms with E-state index < -0.39 is 10.0 Å². The predicted molar refractivity (Wildman–Crippen MR) is 108 cm³/mol. The Hall–Kier alpha value is -1.15. The largest absolute Gasteiger partial charge is 0.352 e. The van der Waals surface area contributed by atoms with Crippen molar-refractivity contribution in [1.82, 2.24) is 10.0 Å². The first-order valence-electron chi connectivity index (χ1n) is 8.63. The number of aryl methyl sites for hydroxylation is 3. The Balaban J connectivity index is 0.00000625. The summed E-state index contributed by atoms with van der Waals surface area (Å²) in [6.07, 6.45) is 0.882. The van der Waals surface area contributed by atoms with Crippen molar-refractivity contribution >= 4 is 28.3 Å². The summed E-state index contributed by atoms with van der Waals surface area (Å²) < 4.78 is 27.6. The zero-order valence-electron chi connectivity index (χ0n) is 16.3. The van der Waals surface area contributed by atoms with Crippen molar-refractivity contribution in [2.24, 2.45) is 11.7 Å². The van der Waals surface area contributed by atoms with Gasteiger partial charge in [-0.3, -0.25) is 4.79 Å². The van der Waals surface area contributed by atoms with Gasteiger partial charge in [-0.1, -0.05) is 31.5 Å². The number of nitrogens with two attached hydrogens (primary N) is 1. The Morgan fingerprint density at radius 2 is 1.69 bits per heavy atom. The molecule has 1 aromatic carbocycles. The molecular formula is C18H32ClN3O3S. The van der Waals surface area contributed by atoms with Gasteiger partial charge in [0.15, 0.2) is 0 Å². The summed E-state index contributed by atoms with van der Waals surface area (Å²) in [5.74, 6) is 0.232. The Morgan fingerprint density at radius 3 is 2.15 bits per heavy atom. The highest BCUT2D eigenvalue weighted by atomic mass is 35.5. The molecule has 26 heavy (non-hydrogen) atoms. The molecule has 0 fully saturated rings. The molecule has 0 heterocycles. The summed E-state index contributed by atoms with van der Waals surface area (Å²) >= 11 is 0. The first kappa shape index (κ1) is 24.8. The fourth-order valence-electron chi connectivity index (χ4n) is 3.04. The number of rotatable bonds is 9. The summed E-state index contributed by atoms with van der Waals surface area (Å²) in [6.45, 7) is 10.0. The lowest BCUT2D eigenvalue weighted by Gasteiger charge is -2.19. The number of nitrogens with one attached hydrogen (secondary N) is 2. The van der Waals surface area contributed by atoms with Crippen LogP contribution in [0, 0.1) is 26.7 Å². The van der Waals surface area contributed by atoms with Crippen LogP contribution in [0.1, 0.15) is 43.4 Å². The molecule has 0 aliphatic carbocycles. The molecule has 1 atom stereocenters. The van der Waals surface area contributed by atoms with E-state index in [2.05, 4.69) is 23.9 Å². The van der Waals surface area contributed by atoms with Gasteiger partial charge in [-0.15, -0.1) is 12.4 Å². The van der Waals surface area contributed by atoms with Gasteiger partial charge >= 0.3 is 0 Å². The van der Waals surface area contributed by atoms with E-state index in [1.54, 1.807) is 13.8 Å². The molecule has 0 spiro atoms. The number of hydrogen-bond donors (Lipinski definition) is 3. The van der Waals surface area contributed by atoms with Crippen LogP contribution in [-0.4, -0.2) is 33.5 Å². The number of carbonyl (C=O) groups is 1. The summed E-state index contributed by atoms with van der Waals surface area (Å²) in [5.41, 5.74) is 8.09. The van der Waals surface area contributed by atoms with E-state index in [-0.39, 0.29) is 42.2 Å². The number of amides is 1. The van der Waals surface area contributed by atoms with Gasteiger partial charge < -0.3 is 11.1 Å². The van der Waals surface area contributed by atoms with Gasteiger partial charge in [0, 0.05) is 25.6 Å². The van der Waals surface area contributed by atoms with Crippen molar-refractivity contribution < 1.29 is 13.2 Å². The van der Waals surface area contributed by atoms with Gasteiger partial charge in [0.2, 0.25) is 15.9 Å². The smallest absolute Gasteiger partial charge is 0.241 e. The van der Waals surface area contributed by atoms with Crippen molar-refractivity contribution in [3.8, 4) is 0 Å². The molecule has 1 rings (SSSR count). The van der Waals surface area contributed by atoms with Gasteiger partial charge in [-0.05, 0) is 44.2 Å². The third kappa shape index (κ3) is 7.61. The fourth-order valence-corrected chi connectivity index (χ4v) is 4.53. The van der Waals surface area contributed by atoms with Crippen LogP contribution in [-0.2, 0) is 14.8 Å². The Labute approximate surface area is 163 Å². The van der Waals surface area contributed by atoms with Crippen LogP contribution in [0.3, 0.4) is 0 Å². The standard InChI is InChI=1S/C18H31N3O3S.ClH/c1-12(2)8-16(11-19)21-17(22)6-7-20-25(23,24)18-14(4)9-13(3)10-15(18)5;/h9-10,12,16,20H,6-8,11,19H2,1-5H3,(H,21,22);1H. The maximum atomic E-state index is 12.5. The number of hydrogen-bond acceptors (Lipinski definition) is 4. The first-order valence-corrected chi connectivity index (χ1v) is 10.1. The van der Waals surface area contributed by atoms with Crippen LogP contribution < -0.4 is 15.8 Å². The maximum Gasteiger partial charge on any atom is 0.241 e. The Kier molecular flexibility index (Phi) is 10.4. The molecule has 0 radical (unpaired) electrons. The van der Waals surface area contributed by atoms with E-state index in [0.29, 0.717) is 23.6 Å². The second-order valence-electron chi connectivity index (χ2n) is 7.01. The average molecular weight is 406 g/mol. The molecule has 0 saturated heterocycles. The summed E-state index contributed by atoms with van der Waals surface area (Å²) in [5, 5.41) is 2.86. The topological polar surface area (TPSA) is 101 Å². The molecule has 0 aromatic heterocycles. The van der Waals surface area contributed by atoms with Crippen molar-refractivity contribution in [3.63, 3.8) is 0 Å². The Morgan fingerprint density at radius 1 is 1.15 bits per heavy atom. The van der Waals surface area contributed by atoms with Gasteiger partial charge in [0.1, 0.15) is 0 Å². The van der Waals surface area contributed by atoms with E-state index in [1.165, 1.54) is 0 Å². The van der Waals surface area contributed by atoms with Crippen LogP contribution in [0.5, 0.6) is 0 Å².